The first-order valence-electron chi connectivity index (χ1n) is 10.5. The quantitative estimate of drug-likeness (QED) is 0.712. The van der Waals surface area contributed by atoms with Gasteiger partial charge in [-0.05, 0) is 56.0 Å². The number of hydrogen-bond donors (Lipinski definition) is 3. The molecule has 4 rings (SSSR count). The van der Waals surface area contributed by atoms with Gasteiger partial charge in [0.1, 0.15) is 6.04 Å². The van der Waals surface area contributed by atoms with Crippen LogP contribution in [-0.4, -0.2) is 36.9 Å². The maximum absolute atomic E-state index is 12.5. The molecule has 2 aromatic carbocycles. The highest BCUT2D eigenvalue weighted by Gasteiger charge is 2.27. The predicted molar refractivity (Wildman–Crippen MR) is 117 cm³/mol. The second-order valence-corrected chi connectivity index (χ2v) is 7.75. The summed E-state index contributed by atoms with van der Waals surface area (Å²) in [5, 5.41) is 8.39. The van der Waals surface area contributed by atoms with Gasteiger partial charge in [0.25, 0.3) is 5.91 Å². The Morgan fingerprint density at radius 1 is 1.03 bits per heavy atom. The number of rotatable bonds is 5. The molecule has 7 heteroatoms. The number of para-hydroxylation sites is 1. The van der Waals surface area contributed by atoms with Crippen molar-refractivity contribution < 1.29 is 14.4 Å². The zero-order valence-corrected chi connectivity index (χ0v) is 16.8. The van der Waals surface area contributed by atoms with E-state index in [1.807, 2.05) is 18.2 Å². The number of benzene rings is 2. The first-order chi connectivity index (χ1) is 14.6. The number of carbonyl (C=O) groups excluding carboxylic acids is 3. The normalized spacial score (nSPS) is 18.7. The molecule has 156 valence electrons. The van der Waals surface area contributed by atoms with Gasteiger partial charge < -0.3 is 20.9 Å². The Balaban J connectivity index is 1.34. The lowest BCUT2D eigenvalue weighted by Crippen LogP contribution is -2.41. The number of nitrogens with one attached hydrogen (secondary N) is 3. The Morgan fingerprint density at radius 2 is 1.83 bits per heavy atom. The maximum atomic E-state index is 12.5. The van der Waals surface area contributed by atoms with Gasteiger partial charge in [-0.15, -0.1) is 0 Å². The second-order valence-electron chi connectivity index (χ2n) is 7.75. The lowest BCUT2D eigenvalue weighted by molar-refractivity contribution is -0.118. The van der Waals surface area contributed by atoms with Gasteiger partial charge in [0, 0.05) is 30.9 Å². The van der Waals surface area contributed by atoms with E-state index in [1.165, 1.54) is 19.3 Å². The van der Waals surface area contributed by atoms with Crippen LogP contribution >= 0.6 is 0 Å². The molecule has 3 amide bonds. The van der Waals surface area contributed by atoms with E-state index in [-0.39, 0.29) is 30.6 Å². The Hall–Kier alpha value is -3.35. The molecule has 1 atom stereocenters. The van der Waals surface area contributed by atoms with Crippen molar-refractivity contribution in [3.8, 4) is 0 Å². The lowest BCUT2D eigenvalue weighted by Gasteiger charge is -2.29. The van der Waals surface area contributed by atoms with E-state index in [0.717, 1.165) is 24.5 Å². The molecule has 2 aromatic rings. The molecule has 30 heavy (non-hydrogen) atoms. The Kier molecular flexibility index (Phi) is 5.97. The van der Waals surface area contributed by atoms with Crippen LogP contribution in [0.2, 0.25) is 0 Å². The molecular weight excluding hydrogens is 380 g/mol. The Morgan fingerprint density at radius 3 is 2.67 bits per heavy atom. The minimum atomic E-state index is -0.754. The van der Waals surface area contributed by atoms with Gasteiger partial charge in [0.05, 0.1) is 11.3 Å². The molecule has 7 nitrogen and oxygen atoms in total. The van der Waals surface area contributed by atoms with Crippen molar-refractivity contribution >= 4 is 34.8 Å². The largest absolute Gasteiger partial charge is 0.371 e. The average Bonchev–Trinajstić information content (AvgIpc) is 2.89. The molecule has 0 spiro atoms. The molecule has 0 aliphatic carbocycles. The van der Waals surface area contributed by atoms with Crippen LogP contribution in [0.3, 0.4) is 0 Å². The fraction of sp³-hybridized carbons (Fsp3) is 0.348. The highest BCUT2D eigenvalue weighted by Crippen LogP contribution is 2.23. The van der Waals surface area contributed by atoms with E-state index >= 15 is 0 Å². The molecule has 0 unspecified atom stereocenters. The van der Waals surface area contributed by atoms with E-state index in [4.69, 9.17) is 0 Å². The number of anilines is 3. The fourth-order valence-electron chi connectivity index (χ4n) is 3.95. The van der Waals surface area contributed by atoms with E-state index in [2.05, 4.69) is 26.9 Å². The van der Waals surface area contributed by atoms with Gasteiger partial charge in [-0.3, -0.25) is 14.4 Å². The third-order valence-corrected chi connectivity index (χ3v) is 5.56. The minimum Gasteiger partial charge on any atom is -0.371 e. The topological polar surface area (TPSA) is 90.5 Å². The molecule has 2 aliphatic rings. The van der Waals surface area contributed by atoms with Crippen molar-refractivity contribution in [2.45, 2.75) is 38.1 Å². The van der Waals surface area contributed by atoms with Crippen LogP contribution in [0.25, 0.3) is 0 Å². The number of fused-ring (bicyclic) bond motifs is 1. The molecular formula is C23H26N4O3. The molecule has 0 aromatic heterocycles. The first kappa shape index (κ1) is 19.9. The van der Waals surface area contributed by atoms with Gasteiger partial charge in [-0.1, -0.05) is 18.2 Å². The van der Waals surface area contributed by atoms with E-state index in [1.54, 1.807) is 24.3 Å². The van der Waals surface area contributed by atoms with Crippen LogP contribution in [0.5, 0.6) is 0 Å². The van der Waals surface area contributed by atoms with Gasteiger partial charge in [0.2, 0.25) is 11.8 Å². The van der Waals surface area contributed by atoms with Crippen LogP contribution in [0.15, 0.2) is 48.5 Å². The number of nitrogens with zero attached hydrogens (tertiary/aromatic N) is 1. The third kappa shape index (κ3) is 4.62. The number of amides is 3. The predicted octanol–water partition coefficient (Wildman–Crippen LogP) is 3.15. The van der Waals surface area contributed by atoms with Gasteiger partial charge in [0.15, 0.2) is 0 Å². The zero-order chi connectivity index (χ0) is 20.9. The van der Waals surface area contributed by atoms with Crippen molar-refractivity contribution in [3.63, 3.8) is 0 Å². The summed E-state index contributed by atoms with van der Waals surface area (Å²) in [5.74, 6) is -0.814. The minimum absolute atomic E-state index is 0.128. The van der Waals surface area contributed by atoms with Crippen molar-refractivity contribution in [1.29, 1.82) is 0 Å². The van der Waals surface area contributed by atoms with Crippen LogP contribution < -0.4 is 20.9 Å². The molecule has 2 aliphatic heterocycles. The van der Waals surface area contributed by atoms with Crippen molar-refractivity contribution in [2.75, 3.05) is 28.6 Å². The molecule has 2 heterocycles. The number of piperidine rings is 1. The summed E-state index contributed by atoms with van der Waals surface area (Å²) in [5.41, 5.74) is 2.76. The number of hydrogen-bond acceptors (Lipinski definition) is 4. The molecule has 3 N–H and O–H groups in total. The van der Waals surface area contributed by atoms with E-state index < -0.39 is 6.04 Å². The van der Waals surface area contributed by atoms with Crippen LogP contribution in [0.1, 0.15) is 42.5 Å². The van der Waals surface area contributed by atoms with Crippen LogP contribution in [0.4, 0.5) is 17.1 Å². The Labute approximate surface area is 175 Å². The lowest BCUT2D eigenvalue weighted by atomic mass is 10.1. The van der Waals surface area contributed by atoms with Crippen LogP contribution in [0, 0.1) is 0 Å². The summed E-state index contributed by atoms with van der Waals surface area (Å²) in [7, 11) is 0. The second kappa shape index (κ2) is 8.98. The van der Waals surface area contributed by atoms with Gasteiger partial charge >= 0.3 is 0 Å². The SMILES string of the molecule is O=C(CC[C@@H]1NC(=O)c2ccccc2NC1=O)Nc1cccc(N2CCCCC2)c1. The van der Waals surface area contributed by atoms with Gasteiger partial charge in [-0.2, -0.15) is 0 Å². The smallest absolute Gasteiger partial charge is 0.254 e. The number of carbonyl (C=O) groups is 3. The summed E-state index contributed by atoms with van der Waals surface area (Å²) < 4.78 is 0. The summed E-state index contributed by atoms with van der Waals surface area (Å²) >= 11 is 0. The first-order valence-corrected chi connectivity index (χ1v) is 10.5. The van der Waals surface area contributed by atoms with E-state index in [9.17, 15) is 14.4 Å². The third-order valence-electron chi connectivity index (χ3n) is 5.56. The summed E-state index contributed by atoms with van der Waals surface area (Å²) in [6.07, 6.45) is 4.00. The zero-order valence-electron chi connectivity index (χ0n) is 16.8. The molecule has 1 fully saturated rings. The summed E-state index contributed by atoms with van der Waals surface area (Å²) in [6, 6.07) is 14.0. The molecule has 0 bridgehead atoms. The standard InChI is InChI=1S/C23H26N4O3/c28-21(24-16-7-6-8-17(15-16)27-13-4-1-5-14-27)12-11-20-23(30)25-19-10-3-2-9-18(19)22(29)26-20/h2-3,6-10,15,20H,1,4-5,11-14H2,(H,24,28)(H,25,30)(H,26,29)/t20-/m0/s1. The summed E-state index contributed by atoms with van der Waals surface area (Å²) in [4.78, 5) is 39.6. The van der Waals surface area contributed by atoms with Crippen molar-refractivity contribution in [2.24, 2.45) is 0 Å². The summed E-state index contributed by atoms with van der Waals surface area (Å²) in [6.45, 7) is 2.08. The molecule has 0 saturated carbocycles. The Bertz CT molecular complexity index is 953. The van der Waals surface area contributed by atoms with Crippen molar-refractivity contribution in [3.05, 3.63) is 54.1 Å². The molecule has 0 radical (unpaired) electrons. The van der Waals surface area contributed by atoms with Gasteiger partial charge in [-0.25, -0.2) is 0 Å². The fourth-order valence-corrected chi connectivity index (χ4v) is 3.95. The van der Waals surface area contributed by atoms with Crippen LogP contribution in [-0.2, 0) is 9.59 Å². The van der Waals surface area contributed by atoms with E-state index in [0.29, 0.717) is 11.3 Å². The molecule has 1 saturated heterocycles. The monoisotopic (exact) mass is 406 g/mol. The van der Waals surface area contributed by atoms with Crippen molar-refractivity contribution in [1.82, 2.24) is 5.32 Å². The highest BCUT2D eigenvalue weighted by molar-refractivity contribution is 6.10. The maximum Gasteiger partial charge on any atom is 0.254 e. The average molecular weight is 406 g/mol. The highest BCUT2D eigenvalue weighted by atomic mass is 16.2.